The van der Waals surface area contributed by atoms with E-state index in [-0.39, 0.29) is 0 Å². The zero-order chi connectivity index (χ0) is 11.3. The van der Waals surface area contributed by atoms with E-state index >= 15 is 0 Å². The number of carboxylic acids is 1. The Morgan fingerprint density at radius 3 is 2.87 bits per heavy atom. The highest BCUT2D eigenvalue weighted by Gasteiger charge is 2.06. The molecule has 15 heavy (non-hydrogen) atoms. The molecule has 0 radical (unpaired) electrons. The Balaban J connectivity index is 2.91. The topological polar surface area (TPSA) is 72.6 Å². The third kappa shape index (κ3) is 3.30. The molecule has 1 aromatic rings. The zero-order valence-electron chi connectivity index (χ0n) is 8.21. The molecule has 0 aliphatic carbocycles. The van der Waals surface area contributed by atoms with E-state index in [2.05, 4.69) is 0 Å². The first-order chi connectivity index (χ1) is 7.13. The fourth-order valence-electron chi connectivity index (χ4n) is 1.11. The lowest BCUT2D eigenvalue weighted by Gasteiger charge is -2.04. The van der Waals surface area contributed by atoms with Gasteiger partial charge in [0.2, 0.25) is 6.54 Å². The molecule has 1 rings (SSSR count). The molecule has 1 aromatic carbocycles. The highest BCUT2D eigenvalue weighted by molar-refractivity contribution is 5.80. The van der Waals surface area contributed by atoms with E-state index in [4.69, 9.17) is 9.84 Å². The van der Waals surface area contributed by atoms with Crippen molar-refractivity contribution in [1.82, 2.24) is 0 Å². The summed E-state index contributed by atoms with van der Waals surface area (Å²) in [6.45, 7) is -0.585. The number of ether oxygens (including phenoxy) is 1. The van der Waals surface area contributed by atoms with Gasteiger partial charge in [-0.25, -0.2) is 4.79 Å². The Hall–Kier alpha value is -2.04. The number of benzene rings is 1. The summed E-state index contributed by atoms with van der Waals surface area (Å²) in [7, 11) is 1.49. The molecule has 0 atom stereocenters. The lowest BCUT2D eigenvalue weighted by atomic mass is 10.2. The summed E-state index contributed by atoms with van der Waals surface area (Å²) in [4.78, 5) is 10.3. The highest BCUT2D eigenvalue weighted by Crippen LogP contribution is 2.14. The monoisotopic (exact) mass is 209 g/mol. The average Bonchev–Trinajstić information content (AvgIpc) is 2.17. The molecular weight excluding hydrogens is 198 g/mol. The van der Waals surface area contributed by atoms with Gasteiger partial charge in [0.25, 0.3) is 0 Å². The number of carbonyl (C=O) groups is 1. The Morgan fingerprint density at radius 1 is 1.60 bits per heavy atom. The summed E-state index contributed by atoms with van der Waals surface area (Å²) in [6, 6.07) is 6.87. The van der Waals surface area contributed by atoms with Crippen LogP contribution < -0.4 is 4.74 Å². The zero-order valence-corrected chi connectivity index (χ0v) is 8.21. The lowest BCUT2D eigenvalue weighted by molar-refractivity contribution is -0.442. The van der Waals surface area contributed by atoms with Gasteiger partial charge >= 0.3 is 5.97 Å². The van der Waals surface area contributed by atoms with E-state index in [1.54, 1.807) is 24.3 Å². The minimum absolute atomic E-state index is 0.347. The van der Waals surface area contributed by atoms with Crippen LogP contribution in [0.3, 0.4) is 0 Å². The molecule has 0 aromatic heterocycles. The summed E-state index contributed by atoms with van der Waals surface area (Å²) >= 11 is 0. The van der Waals surface area contributed by atoms with Crippen LogP contribution in [0.2, 0.25) is 0 Å². The van der Waals surface area contributed by atoms with Crippen molar-refractivity contribution in [2.75, 3.05) is 13.7 Å². The first kappa shape index (κ1) is 11.0. The smallest absolute Gasteiger partial charge is 0.371 e. The molecular formula is C10H11NO4. The van der Waals surface area contributed by atoms with Crippen molar-refractivity contribution in [3.8, 4) is 5.75 Å². The minimum Gasteiger partial charge on any atom is -0.623 e. The summed E-state index contributed by atoms with van der Waals surface area (Å²) in [5.41, 5.74) is 0.552. The molecule has 0 fully saturated rings. The molecule has 0 amide bonds. The van der Waals surface area contributed by atoms with Crippen LogP contribution in [0.25, 0.3) is 0 Å². The van der Waals surface area contributed by atoms with Crippen LogP contribution in [-0.2, 0) is 4.79 Å². The predicted octanol–water partition coefficient (Wildman–Crippen LogP) is 0.709. The number of carboxylic acid groups (broad SMARTS) is 1. The van der Waals surface area contributed by atoms with E-state index in [0.29, 0.717) is 16.1 Å². The second kappa shape index (κ2) is 4.99. The predicted molar refractivity (Wildman–Crippen MR) is 54.3 cm³/mol. The molecule has 0 aliphatic heterocycles. The average molecular weight is 209 g/mol. The van der Waals surface area contributed by atoms with Crippen LogP contribution in [0.15, 0.2) is 24.3 Å². The molecule has 0 saturated carbocycles. The van der Waals surface area contributed by atoms with Crippen molar-refractivity contribution < 1.29 is 19.4 Å². The molecule has 80 valence electrons. The SMILES string of the molecule is COc1ccccc1C=[N+]([O-])CC(=O)O. The number of hydrogen-bond acceptors (Lipinski definition) is 3. The number of para-hydroxylation sites is 1. The number of aliphatic carboxylic acids is 1. The molecule has 5 heteroatoms. The van der Waals surface area contributed by atoms with E-state index < -0.39 is 12.5 Å². The summed E-state index contributed by atoms with van der Waals surface area (Å²) in [6.07, 6.45) is 1.19. The van der Waals surface area contributed by atoms with E-state index in [9.17, 15) is 10.0 Å². The Bertz CT molecular complexity index is 387. The standard InChI is InChI=1S/C10H11NO4/c1-15-9-5-3-2-4-8(9)6-11(14)7-10(12)13/h2-6H,7H2,1H3,(H,12,13). The van der Waals surface area contributed by atoms with Gasteiger partial charge < -0.3 is 15.1 Å². The molecule has 0 spiro atoms. The van der Waals surface area contributed by atoms with Crippen molar-refractivity contribution in [2.45, 2.75) is 0 Å². The van der Waals surface area contributed by atoms with Crippen LogP contribution in [0.1, 0.15) is 5.56 Å². The molecule has 0 heterocycles. The van der Waals surface area contributed by atoms with Gasteiger partial charge in [0.1, 0.15) is 5.75 Å². The fourth-order valence-corrected chi connectivity index (χ4v) is 1.11. The molecule has 5 nitrogen and oxygen atoms in total. The number of nitrogens with zero attached hydrogens (tertiary/aromatic N) is 1. The number of rotatable bonds is 4. The maximum absolute atomic E-state index is 11.1. The maximum Gasteiger partial charge on any atom is 0.371 e. The van der Waals surface area contributed by atoms with Gasteiger partial charge in [0, 0.05) is 0 Å². The lowest BCUT2D eigenvalue weighted by Crippen LogP contribution is -2.16. The van der Waals surface area contributed by atoms with Gasteiger partial charge in [-0.1, -0.05) is 12.1 Å². The second-order valence-corrected chi connectivity index (χ2v) is 2.84. The normalized spacial score (nSPS) is 11.1. The second-order valence-electron chi connectivity index (χ2n) is 2.84. The maximum atomic E-state index is 11.1. The van der Waals surface area contributed by atoms with Crippen molar-refractivity contribution >= 4 is 12.2 Å². The number of hydroxylamine groups is 1. The molecule has 0 unspecified atom stereocenters. The Labute approximate surface area is 86.8 Å². The summed E-state index contributed by atoms with van der Waals surface area (Å²) in [5.74, 6) is -0.639. The fraction of sp³-hybridized carbons (Fsp3) is 0.200. The van der Waals surface area contributed by atoms with Gasteiger partial charge in [-0.15, -0.1) is 0 Å². The Morgan fingerprint density at radius 2 is 2.27 bits per heavy atom. The molecule has 0 aliphatic rings. The van der Waals surface area contributed by atoms with Gasteiger partial charge in [0.05, 0.1) is 12.7 Å². The van der Waals surface area contributed by atoms with Gasteiger partial charge in [0.15, 0.2) is 6.21 Å². The van der Waals surface area contributed by atoms with Crippen LogP contribution in [-0.4, -0.2) is 35.7 Å². The van der Waals surface area contributed by atoms with Crippen molar-refractivity contribution in [1.29, 1.82) is 0 Å². The van der Waals surface area contributed by atoms with Crippen molar-refractivity contribution in [3.63, 3.8) is 0 Å². The van der Waals surface area contributed by atoms with Gasteiger partial charge in [-0.05, 0) is 12.1 Å². The van der Waals surface area contributed by atoms with Gasteiger partial charge in [-0.2, -0.15) is 4.74 Å². The van der Waals surface area contributed by atoms with Crippen LogP contribution in [0.4, 0.5) is 0 Å². The third-order valence-electron chi connectivity index (χ3n) is 1.71. The van der Waals surface area contributed by atoms with E-state index in [1.807, 2.05) is 0 Å². The van der Waals surface area contributed by atoms with Crippen LogP contribution >= 0.6 is 0 Å². The van der Waals surface area contributed by atoms with E-state index in [1.165, 1.54) is 13.3 Å². The first-order valence-corrected chi connectivity index (χ1v) is 4.27. The Kier molecular flexibility index (Phi) is 3.68. The quantitative estimate of drug-likeness (QED) is 0.343. The molecule has 1 N–H and O–H groups in total. The van der Waals surface area contributed by atoms with Crippen LogP contribution in [0.5, 0.6) is 5.75 Å². The molecule has 0 bridgehead atoms. The van der Waals surface area contributed by atoms with Crippen LogP contribution in [0, 0.1) is 5.21 Å². The summed E-state index contributed by atoms with van der Waals surface area (Å²) in [5, 5.41) is 19.5. The first-order valence-electron chi connectivity index (χ1n) is 4.27. The van der Waals surface area contributed by atoms with E-state index in [0.717, 1.165) is 0 Å². The van der Waals surface area contributed by atoms with Gasteiger partial charge in [-0.3, -0.25) is 0 Å². The highest BCUT2D eigenvalue weighted by atomic mass is 16.5. The summed E-state index contributed by atoms with van der Waals surface area (Å²) < 4.78 is 5.35. The number of methoxy groups -OCH3 is 1. The minimum atomic E-state index is -1.17. The molecule has 0 saturated heterocycles. The van der Waals surface area contributed by atoms with Crippen molar-refractivity contribution in [3.05, 3.63) is 35.0 Å². The number of hydrogen-bond donors (Lipinski definition) is 1. The van der Waals surface area contributed by atoms with Crippen molar-refractivity contribution in [2.24, 2.45) is 0 Å². The third-order valence-corrected chi connectivity index (χ3v) is 1.71. The largest absolute Gasteiger partial charge is 0.623 e.